The fourth-order valence-corrected chi connectivity index (χ4v) is 1.67. The van der Waals surface area contributed by atoms with E-state index in [1.54, 1.807) is 25.1 Å². The van der Waals surface area contributed by atoms with E-state index in [0.29, 0.717) is 11.3 Å². The van der Waals surface area contributed by atoms with Gasteiger partial charge < -0.3 is 10.5 Å². The second-order valence-corrected chi connectivity index (χ2v) is 3.96. The molecule has 0 aromatic heterocycles. The maximum Gasteiger partial charge on any atom is 0.146 e. The Hall–Kier alpha value is -2.10. The number of rotatable bonds is 3. The van der Waals surface area contributed by atoms with Crippen LogP contribution in [0, 0.1) is 11.6 Å². The molecule has 0 bridgehead atoms. The molecular formula is C14H13F2NO. The predicted octanol–water partition coefficient (Wildman–Crippen LogP) is 3.69. The minimum Gasteiger partial charge on any atom is -0.486 e. The van der Waals surface area contributed by atoms with Gasteiger partial charge in [0.2, 0.25) is 0 Å². The third kappa shape index (κ3) is 2.59. The lowest BCUT2D eigenvalue weighted by Gasteiger charge is -2.16. The van der Waals surface area contributed by atoms with E-state index >= 15 is 0 Å². The van der Waals surface area contributed by atoms with Crippen molar-refractivity contribution in [3.05, 3.63) is 59.7 Å². The van der Waals surface area contributed by atoms with Gasteiger partial charge in [-0.1, -0.05) is 18.2 Å². The lowest BCUT2D eigenvalue weighted by molar-refractivity contribution is 0.221. The number of hydrogen-bond donors (Lipinski definition) is 1. The van der Waals surface area contributed by atoms with Crippen molar-refractivity contribution in [1.82, 2.24) is 0 Å². The molecule has 0 fully saturated rings. The number of halogens is 2. The third-order valence-corrected chi connectivity index (χ3v) is 2.62. The van der Waals surface area contributed by atoms with Crippen LogP contribution in [-0.4, -0.2) is 0 Å². The summed E-state index contributed by atoms with van der Waals surface area (Å²) in [5, 5.41) is 0. The van der Waals surface area contributed by atoms with Crippen molar-refractivity contribution in [2.24, 2.45) is 0 Å². The van der Waals surface area contributed by atoms with Gasteiger partial charge in [-0.15, -0.1) is 0 Å². The second-order valence-electron chi connectivity index (χ2n) is 3.96. The maximum absolute atomic E-state index is 13.5. The van der Waals surface area contributed by atoms with Gasteiger partial charge in [-0.2, -0.15) is 0 Å². The van der Waals surface area contributed by atoms with Gasteiger partial charge in [0.1, 0.15) is 23.5 Å². The SMILES string of the molecule is CC(Oc1ccc(F)c(N)c1)c1ccccc1F. The molecule has 0 amide bonds. The largest absolute Gasteiger partial charge is 0.486 e. The average Bonchev–Trinajstić information content (AvgIpc) is 2.34. The first kappa shape index (κ1) is 12.4. The molecule has 0 spiro atoms. The molecule has 0 heterocycles. The van der Waals surface area contributed by atoms with Crippen molar-refractivity contribution >= 4 is 5.69 Å². The van der Waals surface area contributed by atoms with E-state index in [9.17, 15) is 8.78 Å². The molecule has 2 N–H and O–H groups in total. The molecule has 18 heavy (non-hydrogen) atoms. The van der Waals surface area contributed by atoms with Crippen LogP contribution in [-0.2, 0) is 0 Å². The molecule has 4 heteroatoms. The van der Waals surface area contributed by atoms with E-state index in [1.807, 2.05) is 0 Å². The van der Waals surface area contributed by atoms with E-state index in [2.05, 4.69) is 0 Å². The Labute approximate surface area is 104 Å². The molecule has 0 saturated carbocycles. The second kappa shape index (κ2) is 5.04. The smallest absolute Gasteiger partial charge is 0.146 e. The normalized spacial score (nSPS) is 12.2. The molecule has 1 unspecified atom stereocenters. The van der Waals surface area contributed by atoms with Crippen LogP contribution in [0.1, 0.15) is 18.6 Å². The highest BCUT2D eigenvalue weighted by molar-refractivity contribution is 5.45. The van der Waals surface area contributed by atoms with Crippen LogP contribution in [0.25, 0.3) is 0 Å². The highest BCUT2D eigenvalue weighted by Gasteiger charge is 2.12. The monoisotopic (exact) mass is 249 g/mol. The summed E-state index contributed by atoms with van der Waals surface area (Å²) in [6, 6.07) is 10.4. The quantitative estimate of drug-likeness (QED) is 0.842. The molecule has 0 saturated heterocycles. The van der Waals surface area contributed by atoms with E-state index in [4.69, 9.17) is 10.5 Å². The van der Waals surface area contributed by atoms with Crippen LogP contribution in [0.15, 0.2) is 42.5 Å². The molecular weight excluding hydrogens is 236 g/mol. The Morgan fingerprint density at radius 3 is 2.44 bits per heavy atom. The third-order valence-electron chi connectivity index (χ3n) is 2.62. The summed E-state index contributed by atoms with van der Waals surface area (Å²) in [5.74, 6) is -0.425. The zero-order valence-corrected chi connectivity index (χ0v) is 9.86. The van der Waals surface area contributed by atoms with Crippen molar-refractivity contribution in [2.45, 2.75) is 13.0 Å². The molecule has 0 radical (unpaired) electrons. The minimum absolute atomic E-state index is 0.00762. The van der Waals surface area contributed by atoms with Gasteiger partial charge in [0.25, 0.3) is 0 Å². The first-order chi connectivity index (χ1) is 8.58. The van der Waals surface area contributed by atoms with E-state index in [-0.39, 0.29) is 11.5 Å². The summed E-state index contributed by atoms with van der Waals surface area (Å²) in [7, 11) is 0. The average molecular weight is 249 g/mol. The summed E-state index contributed by atoms with van der Waals surface area (Å²) in [5.41, 5.74) is 5.89. The highest BCUT2D eigenvalue weighted by atomic mass is 19.1. The summed E-state index contributed by atoms with van der Waals surface area (Å²) in [4.78, 5) is 0. The van der Waals surface area contributed by atoms with Crippen LogP contribution < -0.4 is 10.5 Å². The number of anilines is 1. The van der Waals surface area contributed by atoms with Crippen molar-refractivity contribution < 1.29 is 13.5 Å². The van der Waals surface area contributed by atoms with Gasteiger partial charge in [0, 0.05) is 11.6 Å². The Morgan fingerprint density at radius 2 is 1.78 bits per heavy atom. The molecule has 2 rings (SSSR count). The minimum atomic E-state index is -0.499. The highest BCUT2D eigenvalue weighted by Crippen LogP contribution is 2.25. The van der Waals surface area contributed by atoms with E-state index in [1.165, 1.54) is 24.3 Å². The van der Waals surface area contributed by atoms with Gasteiger partial charge in [0.05, 0.1) is 5.69 Å². The lowest BCUT2D eigenvalue weighted by Crippen LogP contribution is -2.05. The van der Waals surface area contributed by atoms with Gasteiger partial charge in [-0.25, -0.2) is 8.78 Å². The topological polar surface area (TPSA) is 35.2 Å². The molecule has 2 aromatic carbocycles. The predicted molar refractivity (Wildman–Crippen MR) is 66.3 cm³/mol. The standard InChI is InChI=1S/C14H13F2NO/c1-9(11-4-2-3-5-12(11)15)18-10-6-7-13(16)14(17)8-10/h2-9H,17H2,1H3. The van der Waals surface area contributed by atoms with Crippen LogP contribution in [0.3, 0.4) is 0 Å². The van der Waals surface area contributed by atoms with Crippen molar-refractivity contribution in [3.63, 3.8) is 0 Å². The van der Waals surface area contributed by atoms with Crippen molar-refractivity contribution in [2.75, 3.05) is 5.73 Å². The summed E-state index contributed by atoms with van der Waals surface area (Å²) in [6.07, 6.45) is -0.476. The zero-order chi connectivity index (χ0) is 13.1. The summed E-state index contributed by atoms with van der Waals surface area (Å²) < 4.78 is 32.0. The van der Waals surface area contributed by atoms with Gasteiger partial charge in [-0.3, -0.25) is 0 Å². The molecule has 2 aromatic rings. The van der Waals surface area contributed by atoms with Crippen LogP contribution in [0.2, 0.25) is 0 Å². The Morgan fingerprint density at radius 1 is 1.06 bits per heavy atom. The molecule has 0 aliphatic heterocycles. The fourth-order valence-electron chi connectivity index (χ4n) is 1.67. The summed E-state index contributed by atoms with van der Waals surface area (Å²) in [6.45, 7) is 1.72. The Balaban J connectivity index is 2.19. The Kier molecular flexibility index (Phi) is 3.46. The summed E-state index contributed by atoms with van der Waals surface area (Å²) >= 11 is 0. The van der Waals surface area contributed by atoms with E-state index in [0.717, 1.165) is 0 Å². The molecule has 1 atom stereocenters. The molecule has 0 aliphatic rings. The van der Waals surface area contributed by atoms with Gasteiger partial charge in [0.15, 0.2) is 0 Å². The van der Waals surface area contributed by atoms with Crippen LogP contribution >= 0.6 is 0 Å². The van der Waals surface area contributed by atoms with Crippen LogP contribution in [0.5, 0.6) is 5.75 Å². The number of hydrogen-bond acceptors (Lipinski definition) is 2. The number of ether oxygens (including phenoxy) is 1. The number of nitrogens with two attached hydrogens (primary N) is 1. The fraction of sp³-hybridized carbons (Fsp3) is 0.143. The number of benzene rings is 2. The lowest BCUT2D eigenvalue weighted by atomic mass is 10.1. The van der Waals surface area contributed by atoms with E-state index < -0.39 is 11.9 Å². The van der Waals surface area contributed by atoms with Gasteiger partial charge in [-0.05, 0) is 25.1 Å². The van der Waals surface area contributed by atoms with Crippen molar-refractivity contribution in [3.8, 4) is 5.75 Å². The first-order valence-electron chi connectivity index (χ1n) is 5.54. The number of nitrogen functional groups attached to an aromatic ring is 1. The van der Waals surface area contributed by atoms with Crippen molar-refractivity contribution in [1.29, 1.82) is 0 Å². The first-order valence-corrected chi connectivity index (χ1v) is 5.54. The molecule has 0 aliphatic carbocycles. The Bertz CT molecular complexity index is 557. The van der Waals surface area contributed by atoms with Crippen LogP contribution in [0.4, 0.5) is 14.5 Å². The maximum atomic E-state index is 13.5. The molecule has 94 valence electrons. The zero-order valence-electron chi connectivity index (χ0n) is 9.86. The van der Waals surface area contributed by atoms with Gasteiger partial charge >= 0.3 is 0 Å². The molecule has 2 nitrogen and oxygen atoms in total.